The van der Waals surface area contributed by atoms with Gasteiger partial charge >= 0.3 is 0 Å². The molecular weight excluding hydrogens is 424 g/mol. The van der Waals surface area contributed by atoms with Gasteiger partial charge in [-0.3, -0.25) is 0 Å². The minimum absolute atomic E-state index is 0.125. The smallest absolute Gasteiger partial charge is 0.137 e. The molecule has 4 rings (SSSR count). The maximum absolute atomic E-state index is 6.52. The number of thioether (sulfide) groups is 1. The maximum Gasteiger partial charge on any atom is 0.137 e. The van der Waals surface area contributed by atoms with Gasteiger partial charge in [0.1, 0.15) is 18.5 Å². The summed E-state index contributed by atoms with van der Waals surface area (Å²) in [6.07, 6.45) is 2.23. The van der Waals surface area contributed by atoms with E-state index in [-0.39, 0.29) is 6.17 Å². The average molecular weight is 461 g/mol. The molecule has 0 aliphatic carbocycles. The number of rotatable bonds is 6. The third kappa shape index (κ3) is 4.72. The standard InChI is InChI=1S/C29H36N2OS/c1-19-14-21(3)28(22(4)15-19)30-12-13-31(29-23(5)16-20(2)17-24(29)6)27(30)18-32-25-10-8-9-11-26(25)33-7/h8-11,14-17,27H,12-13,18H2,1-7H3. The first kappa shape index (κ1) is 23.6. The second-order valence-electron chi connectivity index (χ2n) is 9.32. The number of hydrogen-bond acceptors (Lipinski definition) is 4. The van der Waals surface area contributed by atoms with E-state index in [1.807, 2.05) is 0 Å². The zero-order valence-corrected chi connectivity index (χ0v) is 21.8. The zero-order valence-electron chi connectivity index (χ0n) is 21.0. The van der Waals surface area contributed by atoms with Crippen LogP contribution in [0.1, 0.15) is 33.4 Å². The largest absolute Gasteiger partial charge is 0.488 e. The lowest BCUT2D eigenvalue weighted by Crippen LogP contribution is -2.44. The predicted octanol–water partition coefficient (Wildman–Crippen LogP) is 6.99. The average Bonchev–Trinajstić information content (AvgIpc) is 3.14. The Bertz CT molecular complexity index is 1040. The molecule has 1 heterocycles. The molecule has 0 unspecified atom stereocenters. The fourth-order valence-electron chi connectivity index (χ4n) is 5.54. The molecule has 4 heteroatoms. The van der Waals surface area contributed by atoms with Gasteiger partial charge in [0.25, 0.3) is 0 Å². The van der Waals surface area contributed by atoms with E-state index in [2.05, 4.69) is 106 Å². The second-order valence-corrected chi connectivity index (χ2v) is 10.2. The van der Waals surface area contributed by atoms with Crippen molar-refractivity contribution in [1.82, 2.24) is 0 Å². The van der Waals surface area contributed by atoms with Crippen molar-refractivity contribution >= 4 is 23.1 Å². The lowest BCUT2D eigenvalue weighted by Gasteiger charge is -2.36. The highest BCUT2D eigenvalue weighted by molar-refractivity contribution is 7.98. The summed E-state index contributed by atoms with van der Waals surface area (Å²) in [5.74, 6) is 0.964. The lowest BCUT2D eigenvalue weighted by atomic mass is 10.0. The topological polar surface area (TPSA) is 15.7 Å². The van der Waals surface area contributed by atoms with E-state index < -0.39 is 0 Å². The summed E-state index contributed by atoms with van der Waals surface area (Å²) < 4.78 is 6.52. The van der Waals surface area contributed by atoms with Crippen LogP contribution < -0.4 is 14.5 Å². The molecule has 0 aromatic heterocycles. The van der Waals surface area contributed by atoms with Crippen LogP contribution in [0.4, 0.5) is 11.4 Å². The molecule has 33 heavy (non-hydrogen) atoms. The van der Waals surface area contributed by atoms with Crippen molar-refractivity contribution in [2.75, 3.05) is 35.8 Å². The molecule has 0 amide bonds. The summed E-state index contributed by atoms with van der Waals surface area (Å²) in [4.78, 5) is 6.30. The van der Waals surface area contributed by atoms with Crippen LogP contribution in [0.25, 0.3) is 0 Å². The van der Waals surface area contributed by atoms with Gasteiger partial charge in [0.2, 0.25) is 0 Å². The number of hydrogen-bond donors (Lipinski definition) is 0. The Morgan fingerprint density at radius 1 is 0.758 bits per heavy atom. The highest BCUT2D eigenvalue weighted by Crippen LogP contribution is 2.37. The molecule has 1 fully saturated rings. The van der Waals surface area contributed by atoms with Crippen molar-refractivity contribution in [3.8, 4) is 5.75 Å². The Morgan fingerprint density at radius 3 is 1.67 bits per heavy atom. The molecule has 3 nitrogen and oxygen atoms in total. The van der Waals surface area contributed by atoms with Crippen LogP contribution in [-0.4, -0.2) is 32.1 Å². The predicted molar refractivity (Wildman–Crippen MR) is 144 cm³/mol. The zero-order chi connectivity index (χ0) is 23.7. The van der Waals surface area contributed by atoms with E-state index >= 15 is 0 Å². The molecule has 3 aromatic rings. The fraction of sp³-hybridized carbons (Fsp3) is 0.379. The van der Waals surface area contributed by atoms with E-state index in [0.717, 1.165) is 18.8 Å². The number of para-hydroxylation sites is 1. The third-order valence-electron chi connectivity index (χ3n) is 6.60. The van der Waals surface area contributed by atoms with E-state index in [1.165, 1.54) is 49.7 Å². The normalized spacial score (nSPS) is 14.3. The van der Waals surface area contributed by atoms with Crippen LogP contribution >= 0.6 is 11.8 Å². The van der Waals surface area contributed by atoms with Crippen LogP contribution in [0.2, 0.25) is 0 Å². The number of aryl methyl sites for hydroxylation is 6. The van der Waals surface area contributed by atoms with Gasteiger partial charge in [0, 0.05) is 29.4 Å². The molecular formula is C29H36N2OS. The Morgan fingerprint density at radius 2 is 1.21 bits per heavy atom. The van der Waals surface area contributed by atoms with Crippen molar-refractivity contribution in [3.63, 3.8) is 0 Å². The van der Waals surface area contributed by atoms with Gasteiger partial charge in [-0.25, -0.2) is 0 Å². The molecule has 174 valence electrons. The molecule has 0 atom stereocenters. The van der Waals surface area contributed by atoms with E-state index in [1.54, 1.807) is 11.8 Å². The molecule has 0 radical (unpaired) electrons. The van der Waals surface area contributed by atoms with E-state index in [9.17, 15) is 0 Å². The minimum Gasteiger partial charge on any atom is -0.488 e. The number of nitrogens with zero attached hydrogens (tertiary/aromatic N) is 2. The van der Waals surface area contributed by atoms with Crippen molar-refractivity contribution < 1.29 is 4.74 Å². The monoisotopic (exact) mass is 460 g/mol. The van der Waals surface area contributed by atoms with E-state index in [0.29, 0.717) is 6.61 Å². The van der Waals surface area contributed by atoms with Crippen LogP contribution in [0, 0.1) is 41.5 Å². The molecule has 0 bridgehead atoms. The number of anilines is 2. The van der Waals surface area contributed by atoms with Gasteiger partial charge in [-0.05, 0) is 82.2 Å². The van der Waals surface area contributed by atoms with Gasteiger partial charge in [-0.2, -0.15) is 0 Å². The highest BCUT2D eigenvalue weighted by atomic mass is 32.2. The van der Waals surface area contributed by atoms with Gasteiger partial charge in [-0.1, -0.05) is 47.5 Å². The van der Waals surface area contributed by atoms with Gasteiger partial charge < -0.3 is 14.5 Å². The quantitative estimate of drug-likeness (QED) is 0.368. The molecule has 1 saturated heterocycles. The van der Waals surface area contributed by atoms with Gasteiger partial charge in [0.05, 0.1) is 0 Å². The summed E-state index contributed by atoms with van der Waals surface area (Å²) in [6, 6.07) is 17.5. The fourth-order valence-corrected chi connectivity index (χ4v) is 6.08. The van der Waals surface area contributed by atoms with Crippen molar-refractivity contribution in [3.05, 3.63) is 81.9 Å². The Balaban J connectivity index is 1.75. The van der Waals surface area contributed by atoms with Crippen LogP contribution in [-0.2, 0) is 0 Å². The molecule has 1 aliphatic rings. The molecule has 3 aromatic carbocycles. The van der Waals surface area contributed by atoms with Gasteiger partial charge in [0.15, 0.2) is 0 Å². The first-order valence-corrected chi connectivity index (χ1v) is 13.0. The Labute approximate surface area is 203 Å². The second kappa shape index (κ2) is 9.72. The summed E-state index contributed by atoms with van der Waals surface area (Å²) in [5, 5.41) is 0. The van der Waals surface area contributed by atoms with Crippen molar-refractivity contribution in [2.45, 2.75) is 52.6 Å². The molecule has 1 aliphatic heterocycles. The summed E-state index contributed by atoms with van der Waals surface area (Å²) in [6.45, 7) is 15.9. The van der Waals surface area contributed by atoms with Crippen LogP contribution in [0.15, 0.2) is 53.4 Å². The molecule has 0 saturated carbocycles. The summed E-state index contributed by atoms with van der Waals surface area (Å²) in [5.41, 5.74) is 10.7. The number of benzene rings is 3. The molecule has 0 N–H and O–H groups in total. The maximum atomic E-state index is 6.52. The lowest BCUT2D eigenvalue weighted by molar-refractivity contribution is 0.283. The Kier molecular flexibility index (Phi) is 6.94. The minimum atomic E-state index is 0.125. The SMILES string of the molecule is CSc1ccccc1OCC1N(c2c(C)cc(C)cc2C)CCN1c1c(C)cc(C)cc1C. The Hall–Kier alpha value is -2.59. The van der Waals surface area contributed by atoms with Crippen molar-refractivity contribution in [1.29, 1.82) is 0 Å². The van der Waals surface area contributed by atoms with E-state index in [4.69, 9.17) is 4.74 Å². The van der Waals surface area contributed by atoms with Gasteiger partial charge in [-0.15, -0.1) is 11.8 Å². The van der Waals surface area contributed by atoms with Crippen molar-refractivity contribution in [2.24, 2.45) is 0 Å². The number of ether oxygens (including phenoxy) is 1. The molecule has 0 spiro atoms. The van der Waals surface area contributed by atoms with Crippen LogP contribution in [0.5, 0.6) is 5.75 Å². The third-order valence-corrected chi connectivity index (χ3v) is 7.38. The summed E-state index contributed by atoms with van der Waals surface area (Å²) in [7, 11) is 0. The first-order valence-electron chi connectivity index (χ1n) is 11.7. The summed E-state index contributed by atoms with van der Waals surface area (Å²) >= 11 is 1.73. The first-order chi connectivity index (χ1) is 15.8. The van der Waals surface area contributed by atoms with Crippen LogP contribution in [0.3, 0.4) is 0 Å². The highest BCUT2D eigenvalue weighted by Gasteiger charge is 2.36.